The van der Waals surface area contributed by atoms with Gasteiger partial charge in [-0.2, -0.15) is 5.26 Å². The van der Waals surface area contributed by atoms with E-state index in [4.69, 9.17) is 10.4 Å². The van der Waals surface area contributed by atoms with Crippen molar-refractivity contribution >= 4 is 29.3 Å². The molecule has 8 nitrogen and oxygen atoms in total. The van der Waals surface area contributed by atoms with Gasteiger partial charge in [-0.1, -0.05) is 6.07 Å². The SMILES string of the molecule is CC(=O)N[C@@H](CSc1cccc(C#N)c1[N+](=O)[O-])C(=O)O. The minimum absolute atomic E-state index is 0.0926. The first kappa shape index (κ1) is 16.5. The van der Waals surface area contributed by atoms with Crippen molar-refractivity contribution in [2.45, 2.75) is 17.9 Å². The maximum absolute atomic E-state index is 11.0. The van der Waals surface area contributed by atoms with Gasteiger partial charge in [0.15, 0.2) is 0 Å². The number of nitro groups is 1. The van der Waals surface area contributed by atoms with Crippen LogP contribution < -0.4 is 5.32 Å². The molecule has 9 heteroatoms. The molecule has 1 atom stereocenters. The Morgan fingerprint density at radius 2 is 2.24 bits per heavy atom. The van der Waals surface area contributed by atoms with Gasteiger partial charge in [-0.05, 0) is 12.1 Å². The third kappa shape index (κ3) is 4.47. The quantitative estimate of drug-likeness (QED) is 0.457. The Labute approximate surface area is 123 Å². The van der Waals surface area contributed by atoms with E-state index in [2.05, 4.69) is 5.32 Å². The molecule has 0 spiro atoms. The summed E-state index contributed by atoms with van der Waals surface area (Å²) in [5, 5.41) is 31.1. The summed E-state index contributed by atoms with van der Waals surface area (Å²) in [5.41, 5.74) is -0.464. The van der Waals surface area contributed by atoms with Crippen molar-refractivity contribution in [3.63, 3.8) is 0 Å². The average molecular weight is 309 g/mol. The summed E-state index contributed by atoms with van der Waals surface area (Å²) in [6, 6.07) is 4.76. The van der Waals surface area contributed by atoms with Gasteiger partial charge in [0.1, 0.15) is 17.7 Å². The fourth-order valence-corrected chi connectivity index (χ4v) is 2.58. The smallest absolute Gasteiger partial charge is 0.327 e. The van der Waals surface area contributed by atoms with Crippen LogP contribution in [-0.2, 0) is 9.59 Å². The van der Waals surface area contributed by atoms with Crippen molar-refractivity contribution in [1.82, 2.24) is 5.32 Å². The number of aliphatic carboxylic acids is 1. The second-order valence-electron chi connectivity index (χ2n) is 3.92. The van der Waals surface area contributed by atoms with Crippen molar-refractivity contribution in [2.24, 2.45) is 0 Å². The molecule has 0 bridgehead atoms. The number of rotatable bonds is 6. The topological polar surface area (TPSA) is 133 Å². The Kier molecular flexibility index (Phi) is 5.68. The predicted molar refractivity (Wildman–Crippen MR) is 73.8 cm³/mol. The fourth-order valence-electron chi connectivity index (χ4n) is 1.51. The molecule has 1 aromatic carbocycles. The minimum Gasteiger partial charge on any atom is -0.480 e. The molecule has 0 saturated carbocycles. The number of hydrogen-bond donors (Lipinski definition) is 2. The number of hydrogen-bond acceptors (Lipinski definition) is 6. The van der Waals surface area contributed by atoms with E-state index in [1.807, 2.05) is 0 Å². The Hall–Kier alpha value is -2.60. The van der Waals surface area contributed by atoms with Crippen LogP contribution in [-0.4, -0.2) is 33.7 Å². The van der Waals surface area contributed by atoms with Gasteiger partial charge in [0.05, 0.1) is 9.82 Å². The highest BCUT2D eigenvalue weighted by Crippen LogP contribution is 2.32. The number of carbonyl (C=O) groups excluding carboxylic acids is 1. The number of carbonyl (C=O) groups is 2. The lowest BCUT2D eigenvalue weighted by molar-refractivity contribution is -0.388. The summed E-state index contributed by atoms with van der Waals surface area (Å²) in [6.45, 7) is 1.18. The van der Waals surface area contributed by atoms with Crippen LogP contribution in [0.15, 0.2) is 23.1 Å². The number of benzene rings is 1. The first-order chi connectivity index (χ1) is 9.86. The number of carboxylic acid groups (broad SMARTS) is 1. The van der Waals surface area contributed by atoms with E-state index >= 15 is 0 Å². The Balaban J connectivity index is 2.98. The van der Waals surface area contributed by atoms with Crippen LogP contribution in [0, 0.1) is 21.4 Å². The molecule has 1 rings (SSSR count). The average Bonchev–Trinajstić information content (AvgIpc) is 2.41. The zero-order valence-electron chi connectivity index (χ0n) is 10.9. The van der Waals surface area contributed by atoms with Gasteiger partial charge in [0.25, 0.3) is 0 Å². The van der Waals surface area contributed by atoms with E-state index in [-0.39, 0.29) is 21.9 Å². The van der Waals surface area contributed by atoms with Gasteiger partial charge in [-0.25, -0.2) is 4.79 Å². The Bertz CT molecular complexity index is 626. The van der Waals surface area contributed by atoms with E-state index < -0.39 is 22.8 Å². The van der Waals surface area contributed by atoms with Gasteiger partial charge in [-0.3, -0.25) is 14.9 Å². The normalized spacial score (nSPS) is 11.2. The third-order valence-electron chi connectivity index (χ3n) is 2.38. The molecule has 0 saturated heterocycles. The summed E-state index contributed by atoms with van der Waals surface area (Å²) in [4.78, 5) is 32.4. The van der Waals surface area contributed by atoms with Crippen LogP contribution in [0.4, 0.5) is 5.69 Å². The molecule has 0 aliphatic carbocycles. The summed E-state index contributed by atoms with van der Waals surface area (Å²) in [5.74, 6) is -1.84. The van der Waals surface area contributed by atoms with Gasteiger partial charge in [-0.15, -0.1) is 11.8 Å². The number of amides is 1. The van der Waals surface area contributed by atoms with Gasteiger partial charge in [0, 0.05) is 12.7 Å². The molecule has 110 valence electrons. The molecular weight excluding hydrogens is 298 g/mol. The van der Waals surface area contributed by atoms with Gasteiger partial charge < -0.3 is 10.4 Å². The monoisotopic (exact) mass is 309 g/mol. The molecule has 0 radical (unpaired) electrons. The number of nitro benzene ring substituents is 1. The standard InChI is InChI=1S/C12H11N3O5S/c1-7(16)14-9(12(17)18)6-21-10-4-2-3-8(5-13)11(10)15(19)20/h2-4,9H,6H2,1H3,(H,14,16)(H,17,18)/t9-/m0/s1. The van der Waals surface area contributed by atoms with E-state index in [9.17, 15) is 19.7 Å². The van der Waals surface area contributed by atoms with E-state index in [0.717, 1.165) is 11.8 Å². The summed E-state index contributed by atoms with van der Waals surface area (Å²) < 4.78 is 0. The Morgan fingerprint density at radius 3 is 2.71 bits per heavy atom. The second kappa shape index (κ2) is 7.25. The molecule has 1 amide bonds. The number of para-hydroxylation sites is 1. The van der Waals surface area contributed by atoms with Gasteiger partial charge in [0.2, 0.25) is 5.91 Å². The van der Waals surface area contributed by atoms with E-state index in [1.54, 1.807) is 6.07 Å². The number of thioether (sulfide) groups is 1. The van der Waals surface area contributed by atoms with Crippen molar-refractivity contribution in [3.8, 4) is 6.07 Å². The lowest BCUT2D eigenvalue weighted by atomic mass is 10.2. The van der Waals surface area contributed by atoms with Crippen LogP contribution in [0.3, 0.4) is 0 Å². The number of carboxylic acids is 1. The van der Waals surface area contributed by atoms with Crippen LogP contribution >= 0.6 is 11.8 Å². The second-order valence-corrected chi connectivity index (χ2v) is 4.99. The molecule has 0 unspecified atom stereocenters. The van der Waals surface area contributed by atoms with Gasteiger partial charge >= 0.3 is 11.7 Å². The van der Waals surface area contributed by atoms with Crippen molar-refractivity contribution in [1.29, 1.82) is 5.26 Å². The van der Waals surface area contributed by atoms with Crippen LogP contribution in [0.1, 0.15) is 12.5 Å². The molecule has 2 N–H and O–H groups in total. The van der Waals surface area contributed by atoms with E-state index in [0.29, 0.717) is 0 Å². The van der Waals surface area contributed by atoms with E-state index in [1.165, 1.54) is 25.1 Å². The largest absolute Gasteiger partial charge is 0.480 e. The van der Waals surface area contributed by atoms with Crippen molar-refractivity contribution in [3.05, 3.63) is 33.9 Å². The molecule has 0 aliphatic heterocycles. The molecular formula is C12H11N3O5S. The van der Waals surface area contributed by atoms with Crippen molar-refractivity contribution in [2.75, 3.05) is 5.75 Å². The zero-order valence-corrected chi connectivity index (χ0v) is 11.7. The number of nitriles is 1. The number of nitrogens with zero attached hydrogens (tertiary/aromatic N) is 2. The molecule has 1 aromatic rings. The zero-order chi connectivity index (χ0) is 16.0. The fraction of sp³-hybridized carbons (Fsp3) is 0.250. The first-order valence-corrected chi connectivity index (χ1v) is 6.65. The van der Waals surface area contributed by atoms with Crippen molar-refractivity contribution < 1.29 is 19.6 Å². The lowest BCUT2D eigenvalue weighted by Crippen LogP contribution is -2.41. The summed E-state index contributed by atoms with van der Waals surface area (Å²) in [6.07, 6.45) is 0. The van der Waals surface area contributed by atoms with Crippen LogP contribution in [0.2, 0.25) is 0 Å². The number of nitrogens with one attached hydrogen (secondary N) is 1. The molecule has 0 fully saturated rings. The molecule has 0 heterocycles. The molecule has 21 heavy (non-hydrogen) atoms. The van der Waals surface area contributed by atoms with Crippen LogP contribution in [0.25, 0.3) is 0 Å². The highest BCUT2D eigenvalue weighted by Gasteiger charge is 2.23. The minimum atomic E-state index is -1.24. The predicted octanol–water partition coefficient (Wildman–Crippen LogP) is 1.15. The highest BCUT2D eigenvalue weighted by molar-refractivity contribution is 7.99. The third-order valence-corrected chi connectivity index (χ3v) is 3.52. The molecule has 0 aromatic heterocycles. The first-order valence-electron chi connectivity index (χ1n) is 5.67. The maximum atomic E-state index is 11.0. The van der Waals surface area contributed by atoms with Crippen LogP contribution in [0.5, 0.6) is 0 Å². The highest BCUT2D eigenvalue weighted by atomic mass is 32.2. The summed E-state index contributed by atoms with van der Waals surface area (Å²) in [7, 11) is 0. The maximum Gasteiger partial charge on any atom is 0.327 e. The Morgan fingerprint density at radius 1 is 1.57 bits per heavy atom. The summed E-state index contributed by atoms with van der Waals surface area (Å²) >= 11 is 0.895. The lowest BCUT2D eigenvalue weighted by Gasteiger charge is -2.12. The molecule has 0 aliphatic rings.